The number of halogens is 1. The van der Waals surface area contributed by atoms with Gasteiger partial charge in [-0.25, -0.2) is 0 Å². The molecule has 76 valence electrons. The van der Waals surface area contributed by atoms with Crippen molar-refractivity contribution in [3.05, 3.63) is 23.8 Å². The van der Waals surface area contributed by atoms with Crippen LogP contribution in [0.1, 0.15) is 26.7 Å². The molecule has 0 aliphatic rings. The number of hydrogen-bond acceptors (Lipinski definition) is 2. The lowest BCUT2D eigenvalue weighted by molar-refractivity contribution is 0.554. The van der Waals surface area contributed by atoms with E-state index in [1.54, 1.807) is 19.1 Å². The van der Waals surface area contributed by atoms with Gasteiger partial charge in [0.25, 0.3) is 0 Å². The molecule has 0 atom stereocenters. The summed E-state index contributed by atoms with van der Waals surface area (Å²) in [6, 6.07) is 0. The molecule has 0 aliphatic carbocycles. The Morgan fingerprint density at radius 1 is 1.46 bits per heavy atom. The highest BCUT2D eigenvalue weighted by Gasteiger charge is 2.06. The first-order valence-corrected chi connectivity index (χ1v) is 5.75. The minimum atomic E-state index is -4.37. The fourth-order valence-electron chi connectivity index (χ4n) is 0.815. The number of allylic oxidation sites excluding steroid dienone is 3. The molecule has 2 nitrogen and oxygen atoms in total. The molecule has 0 saturated heterocycles. The lowest BCUT2D eigenvalue weighted by Crippen LogP contribution is -1.98. The summed E-state index contributed by atoms with van der Waals surface area (Å²) in [5.41, 5.74) is 0.509. The zero-order valence-electron chi connectivity index (χ0n) is 7.96. The van der Waals surface area contributed by atoms with Gasteiger partial charge in [0.2, 0.25) is 0 Å². The van der Waals surface area contributed by atoms with Crippen LogP contribution in [0.4, 0.5) is 3.89 Å². The monoisotopic (exact) mass is 206 g/mol. The number of rotatable bonds is 5. The summed E-state index contributed by atoms with van der Waals surface area (Å²) in [5, 5.41) is 0. The largest absolute Gasteiger partial charge is 0.306 e. The number of hydrogen-bond donors (Lipinski definition) is 0. The zero-order valence-corrected chi connectivity index (χ0v) is 8.77. The lowest BCUT2D eigenvalue weighted by Gasteiger charge is -1.92. The van der Waals surface area contributed by atoms with Crippen molar-refractivity contribution in [2.24, 2.45) is 0 Å². The van der Waals surface area contributed by atoms with E-state index in [1.165, 1.54) is 0 Å². The molecule has 0 unspecified atom stereocenters. The van der Waals surface area contributed by atoms with Gasteiger partial charge < -0.3 is 0 Å². The van der Waals surface area contributed by atoms with E-state index in [0.29, 0.717) is 5.57 Å². The van der Waals surface area contributed by atoms with Gasteiger partial charge in [0.05, 0.1) is 0 Å². The molecule has 4 heteroatoms. The Bertz CT molecular complexity index is 289. The van der Waals surface area contributed by atoms with Gasteiger partial charge >= 0.3 is 10.2 Å². The van der Waals surface area contributed by atoms with Crippen molar-refractivity contribution >= 4 is 10.2 Å². The van der Waals surface area contributed by atoms with Crippen LogP contribution in [-0.2, 0) is 10.2 Å². The zero-order chi connectivity index (χ0) is 10.3. The Hall–Kier alpha value is -0.640. The predicted molar refractivity (Wildman–Crippen MR) is 52.7 cm³/mol. The van der Waals surface area contributed by atoms with Gasteiger partial charge in [-0.2, -0.15) is 8.42 Å². The van der Waals surface area contributed by atoms with E-state index in [9.17, 15) is 12.3 Å². The van der Waals surface area contributed by atoms with Crippen LogP contribution in [0, 0.1) is 0 Å². The van der Waals surface area contributed by atoms with Gasteiger partial charge in [-0.3, -0.25) is 0 Å². The maximum atomic E-state index is 12.1. The van der Waals surface area contributed by atoms with E-state index in [4.69, 9.17) is 0 Å². The van der Waals surface area contributed by atoms with Crippen molar-refractivity contribution in [3.8, 4) is 0 Å². The molecular weight excluding hydrogens is 191 g/mol. The third kappa shape index (κ3) is 9.27. The van der Waals surface area contributed by atoms with Crippen molar-refractivity contribution in [2.45, 2.75) is 26.7 Å². The minimum Gasteiger partial charge on any atom is -0.195 e. The Kier molecular flexibility index (Phi) is 5.62. The van der Waals surface area contributed by atoms with Gasteiger partial charge in [-0.05, 0) is 13.3 Å². The normalized spacial score (nSPS) is 13.9. The summed E-state index contributed by atoms with van der Waals surface area (Å²) >= 11 is 0. The van der Waals surface area contributed by atoms with Crippen LogP contribution in [-0.4, -0.2) is 14.2 Å². The van der Waals surface area contributed by atoms with E-state index in [1.807, 2.05) is 13.0 Å². The van der Waals surface area contributed by atoms with Crippen LogP contribution in [0.15, 0.2) is 23.8 Å². The number of unbranched alkanes of at least 4 members (excludes halogenated alkanes) is 1. The summed E-state index contributed by atoms with van der Waals surface area (Å²) in [6.07, 6.45) is 7.29. The Labute approximate surface area is 79.4 Å². The molecule has 0 fully saturated rings. The second-order valence-electron chi connectivity index (χ2n) is 2.91. The molecule has 0 N–H and O–H groups in total. The molecule has 0 amide bonds. The molecule has 0 aliphatic heterocycles. The van der Waals surface area contributed by atoms with E-state index >= 15 is 0 Å². The summed E-state index contributed by atoms with van der Waals surface area (Å²) < 4.78 is 32.5. The highest BCUT2D eigenvalue weighted by Crippen LogP contribution is 2.01. The second kappa shape index (κ2) is 5.91. The SMILES string of the molecule is CCC/C=C/C=C(\C)CS(=O)(=O)F. The molecule has 0 aromatic carbocycles. The molecule has 0 saturated carbocycles. The minimum absolute atomic E-state index is 0.509. The van der Waals surface area contributed by atoms with Crippen LogP contribution in [0.5, 0.6) is 0 Å². The summed E-state index contributed by atoms with van der Waals surface area (Å²) in [4.78, 5) is 0. The predicted octanol–water partition coefficient (Wildman–Crippen LogP) is 2.59. The van der Waals surface area contributed by atoms with Gasteiger partial charge in [-0.15, -0.1) is 3.89 Å². The molecule has 0 rings (SSSR count). The maximum Gasteiger partial charge on any atom is 0.306 e. The quantitative estimate of drug-likeness (QED) is 0.512. The fraction of sp³-hybridized carbons (Fsp3) is 0.556. The second-order valence-corrected chi connectivity index (χ2v) is 4.28. The van der Waals surface area contributed by atoms with Crippen LogP contribution in [0.3, 0.4) is 0 Å². The molecule has 0 aromatic heterocycles. The summed E-state index contributed by atoms with van der Waals surface area (Å²) in [5.74, 6) is -0.510. The molecule has 13 heavy (non-hydrogen) atoms. The van der Waals surface area contributed by atoms with Crippen molar-refractivity contribution in [1.29, 1.82) is 0 Å². The van der Waals surface area contributed by atoms with Crippen LogP contribution >= 0.6 is 0 Å². The maximum absolute atomic E-state index is 12.1. The summed E-state index contributed by atoms with van der Waals surface area (Å²) in [7, 11) is -4.37. The highest BCUT2D eigenvalue weighted by atomic mass is 32.3. The first kappa shape index (κ1) is 12.4. The Balaban J connectivity index is 4.04. The lowest BCUT2D eigenvalue weighted by atomic mass is 10.2. The van der Waals surface area contributed by atoms with Crippen molar-refractivity contribution in [2.75, 3.05) is 5.75 Å². The third-order valence-corrected chi connectivity index (χ3v) is 2.17. The van der Waals surface area contributed by atoms with Gasteiger partial charge in [0, 0.05) is 0 Å². The first-order valence-electron chi connectivity index (χ1n) is 4.20. The Morgan fingerprint density at radius 3 is 2.54 bits per heavy atom. The molecule has 0 radical (unpaired) electrons. The molecule has 0 spiro atoms. The van der Waals surface area contributed by atoms with Gasteiger partial charge in [0.15, 0.2) is 0 Å². The molecule has 0 aromatic rings. The van der Waals surface area contributed by atoms with Crippen LogP contribution in [0.2, 0.25) is 0 Å². The van der Waals surface area contributed by atoms with Crippen LogP contribution < -0.4 is 0 Å². The molecular formula is C9H15FO2S. The topological polar surface area (TPSA) is 34.1 Å². The molecule has 0 heterocycles. The average molecular weight is 206 g/mol. The standard InChI is InChI=1S/C9H15FO2S/c1-3-4-5-6-7-9(2)8-13(10,11)12/h5-7H,3-4,8H2,1-2H3/b6-5+,9-7+. The van der Waals surface area contributed by atoms with Gasteiger partial charge in [-0.1, -0.05) is 37.1 Å². The van der Waals surface area contributed by atoms with Crippen molar-refractivity contribution in [3.63, 3.8) is 0 Å². The van der Waals surface area contributed by atoms with Gasteiger partial charge in [0.1, 0.15) is 5.75 Å². The average Bonchev–Trinajstić information content (AvgIpc) is 1.94. The van der Waals surface area contributed by atoms with Crippen LogP contribution in [0.25, 0.3) is 0 Å². The highest BCUT2D eigenvalue weighted by molar-refractivity contribution is 7.86. The van der Waals surface area contributed by atoms with Crippen molar-refractivity contribution in [1.82, 2.24) is 0 Å². The smallest absolute Gasteiger partial charge is 0.195 e. The van der Waals surface area contributed by atoms with E-state index < -0.39 is 16.0 Å². The fourth-order valence-corrected chi connectivity index (χ4v) is 1.46. The summed E-state index contributed by atoms with van der Waals surface area (Å²) in [6.45, 7) is 3.64. The van der Waals surface area contributed by atoms with E-state index in [0.717, 1.165) is 12.8 Å². The van der Waals surface area contributed by atoms with Crippen molar-refractivity contribution < 1.29 is 12.3 Å². The van der Waals surface area contributed by atoms with E-state index in [-0.39, 0.29) is 0 Å². The van der Waals surface area contributed by atoms with E-state index in [2.05, 4.69) is 0 Å². The third-order valence-electron chi connectivity index (χ3n) is 1.37. The Morgan fingerprint density at radius 2 is 2.08 bits per heavy atom. The molecule has 0 bridgehead atoms. The first-order chi connectivity index (χ1) is 5.95.